The predicted octanol–water partition coefficient (Wildman–Crippen LogP) is 1.00. The van der Waals surface area contributed by atoms with Crippen molar-refractivity contribution in [3.05, 3.63) is 12.2 Å². The summed E-state index contributed by atoms with van der Waals surface area (Å²) in [6.07, 6.45) is 2.74. The summed E-state index contributed by atoms with van der Waals surface area (Å²) >= 11 is 0. The summed E-state index contributed by atoms with van der Waals surface area (Å²) in [5, 5.41) is 8.33. The first-order valence-electron chi connectivity index (χ1n) is 3.54. The van der Waals surface area contributed by atoms with E-state index in [9.17, 15) is 4.79 Å². The maximum absolute atomic E-state index is 10.1. The Kier molecular flexibility index (Phi) is 3.26. The zero-order valence-electron chi connectivity index (χ0n) is 7.16. The summed E-state index contributed by atoms with van der Waals surface area (Å²) in [6, 6.07) is -0.0434. The van der Waals surface area contributed by atoms with Gasteiger partial charge in [-0.25, -0.2) is 4.79 Å². The van der Waals surface area contributed by atoms with Crippen molar-refractivity contribution in [1.82, 2.24) is 0 Å². The highest BCUT2D eigenvalue weighted by Gasteiger charge is 2.18. The third kappa shape index (κ3) is 3.78. The molecule has 0 aliphatic carbocycles. The summed E-state index contributed by atoms with van der Waals surface area (Å²) in [5.41, 5.74) is 5.36. The van der Waals surface area contributed by atoms with Crippen LogP contribution in [0.15, 0.2) is 12.2 Å². The Labute approximate surface area is 66.9 Å². The van der Waals surface area contributed by atoms with Crippen molar-refractivity contribution in [1.29, 1.82) is 0 Å². The van der Waals surface area contributed by atoms with Gasteiger partial charge in [0.2, 0.25) is 0 Å². The van der Waals surface area contributed by atoms with Gasteiger partial charge in [-0.2, -0.15) is 0 Å². The van der Waals surface area contributed by atoms with E-state index in [2.05, 4.69) is 0 Å². The Morgan fingerprint density at radius 2 is 2.09 bits per heavy atom. The van der Waals surface area contributed by atoms with Crippen LogP contribution in [-0.2, 0) is 4.79 Å². The number of carboxylic acids is 1. The van der Waals surface area contributed by atoms with Crippen LogP contribution < -0.4 is 5.73 Å². The monoisotopic (exact) mass is 157 g/mol. The van der Waals surface area contributed by atoms with E-state index in [1.807, 2.05) is 20.8 Å². The van der Waals surface area contributed by atoms with Crippen LogP contribution in [0.5, 0.6) is 0 Å². The van der Waals surface area contributed by atoms with Gasteiger partial charge in [0.25, 0.3) is 0 Å². The molecule has 0 amide bonds. The second kappa shape index (κ2) is 3.53. The largest absolute Gasteiger partial charge is 0.478 e. The zero-order chi connectivity index (χ0) is 9.07. The van der Waals surface area contributed by atoms with E-state index in [1.165, 1.54) is 0 Å². The molecule has 0 saturated carbocycles. The molecule has 0 heterocycles. The minimum absolute atomic E-state index is 0.0434. The molecule has 0 aromatic rings. The Bertz CT molecular complexity index is 171. The molecule has 3 heteroatoms. The van der Waals surface area contributed by atoms with Crippen molar-refractivity contribution in [3.63, 3.8) is 0 Å². The summed E-state index contributed by atoms with van der Waals surface area (Å²) in [5.74, 6) is -0.932. The second-order valence-electron chi connectivity index (χ2n) is 3.28. The van der Waals surface area contributed by atoms with E-state index in [-0.39, 0.29) is 11.5 Å². The predicted molar refractivity (Wildman–Crippen MR) is 44.2 cm³/mol. The van der Waals surface area contributed by atoms with Crippen molar-refractivity contribution in [3.8, 4) is 0 Å². The number of carboxylic acid groups (broad SMARTS) is 1. The molecule has 0 bridgehead atoms. The van der Waals surface area contributed by atoms with Crippen molar-refractivity contribution < 1.29 is 9.90 Å². The van der Waals surface area contributed by atoms with E-state index in [4.69, 9.17) is 10.8 Å². The fraction of sp³-hybridized carbons (Fsp3) is 0.625. The lowest BCUT2D eigenvalue weighted by Gasteiger charge is -2.24. The summed E-state index contributed by atoms with van der Waals surface area (Å²) in [4.78, 5) is 10.1. The summed E-state index contributed by atoms with van der Waals surface area (Å²) in [6.45, 7) is 5.65. The molecule has 0 aromatic heterocycles. The highest BCUT2D eigenvalue weighted by molar-refractivity contribution is 5.79. The SMILES string of the molecule is CC(N)C(C)(C)/C=C/C(=O)O. The van der Waals surface area contributed by atoms with Crippen molar-refractivity contribution in [2.75, 3.05) is 0 Å². The fourth-order valence-electron chi connectivity index (χ4n) is 0.438. The van der Waals surface area contributed by atoms with Gasteiger partial charge in [-0.1, -0.05) is 19.9 Å². The maximum atomic E-state index is 10.1. The lowest BCUT2D eigenvalue weighted by atomic mass is 9.86. The number of rotatable bonds is 3. The van der Waals surface area contributed by atoms with E-state index in [1.54, 1.807) is 6.08 Å². The van der Waals surface area contributed by atoms with E-state index in [0.29, 0.717) is 0 Å². The molecule has 3 nitrogen and oxygen atoms in total. The van der Waals surface area contributed by atoms with Gasteiger partial charge < -0.3 is 10.8 Å². The average molecular weight is 157 g/mol. The smallest absolute Gasteiger partial charge is 0.327 e. The van der Waals surface area contributed by atoms with Gasteiger partial charge in [-0.3, -0.25) is 0 Å². The molecule has 0 fully saturated rings. The topological polar surface area (TPSA) is 63.3 Å². The Hall–Kier alpha value is -0.830. The first-order valence-corrected chi connectivity index (χ1v) is 3.54. The van der Waals surface area contributed by atoms with Gasteiger partial charge >= 0.3 is 5.97 Å². The van der Waals surface area contributed by atoms with E-state index < -0.39 is 5.97 Å². The van der Waals surface area contributed by atoms with Gasteiger partial charge in [-0.05, 0) is 12.3 Å². The van der Waals surface area contributed by atoms with Crippen molar-refractivity contribution in [2.45, 2.75) is 26.8 Å². The molecular formula is C8H15NO2. The quantitative estimate of drug-likeness (QED) is 0.601. The molecule has 1 unspecified atom stereocenters. The van der Waals surface area contributed by atoms with E-state index >= 15 is 0 Å². The molecule has 0 spiro atoms. The van der Waals surface area contributed by atoms with Crippen LogP contribution in [0.25, 0.3) is 0 Å². The van der Waals surface area contributed by atoms with Crippen LogP contribution >= 0.6 is 0 Å². The molecule has 0 saturated heterocycles. The van der Waals surface area contributed by atoms with Crippen molar-refractivity contribution in [2.24, 2.45) is 11.1 Å². The molecule has 0 aliphatic rings. The fourth-order valence-corrected chi connectivity index (χ4v) is 0.438. The van der Waals surface area contributed by atoms with Gasteiger partial charge in [0.05, 0.1) is 0 Å². The standard InChI is InChI=1S/C8H15NO2/c1-6(9)8(2,3)5-4-7(10)11/h4-6H,9H2,1-3H3,(H,10,11)/b5-4+. The highest BCUT2D eigenvalue weighted by Crippen LogP contribution is 2.20. The maximum Gasteiger partial charge on any atom is 0.327 e. The third-order valence-corrected chi connectivity index (χ3v) is 1.83. The van der Waals surface area contributed by atoms with Crippen molar-refractivity contribution >= 4 is 5.97 Å². The molecular weight excluding hydrogens is 142 g/mol. The number of aliphatic carboxylic acids is 1. The van der Waals surface area contributed by atoms with Crippen LogP contribution in [0.4, 0.5) is 0 Å². The van der Waals surface area contributed by atoms with Gasteiger partial charge in [0.15, 0.2) is 0 Å². The van der Waals surface area contributed by atoms with E-state index in [0.717, 1.165) is 6.08 Å². The Balaban J connectivity index is 4.23. The van der Waals surface area contributed by atoms with Crippen LogP contribution in [0.2, 0.25) is 0 Å². The normalized spacial score (nSPS) is 15.3. The first kappa shape index (κ1) is 10.2. The number of nitrogens with two attached hydrogens (primary N) is 1. The lowest BCUT2D eigenvalue weighted by Crippen LogP contribution is -2.32. The summed E-state index contributed by atoms with van der Waals surface area (Å²) < 4.78 is 0. The number of carbonyl (C=O) groups is 1. The minimum atomic E-state index is -0.932. The van der Waals surface area contributed by atoms with Crippen LogP contribution in [0.1, 0.15) is 20.8 Å². The number of hydrogen-bond acceptors (Lipinski definition) is 2. The lowest BCUT2D eigenvalue weighted by molar-refractivity contribution is -0.131. The molecule has 0 aliphatic heterocycles. The van der Waals surface area contributed by atoms with Gasteiger partial charge in [-0.15, -0.1) is 0 Å². The molecule has 0 radical (unpaired) electrons. The molecule has 3 N–H and O–H groups in total. The zero-order valence-corrected chi connectivity index (χ0v) is 7.16. The Morgan fingerprint density at radius 3 is 2.36 bits per heavy atom. The third-order valence-electron chi connectivity index (χ3n) is 1.83. The van der Waals surface area contributed by atoms with Crippen LogP contribution in [0, 0.1) is 5.41 Å². The van der Waals surface area contributed by atoms with Crippen LogP contribution in [0.3, 0.4) is 0 Å². The average Bonchev–Trinajstić information content (AvgIpc) is 1.84. The molecule has 1 atom stereocenters. The summed E-state index contributed by atoms with van der Waals surface area (Å²) in [7, 11) is 0. The van der Waals surface area contributed by atoms with Crippen LogP contribution in [-0.4, -0.2) is 17.1 Å². The highest BCUT2D eigenvalue weighted by atomic mass is 16.4. The minimum Gasteiger partial charge on any atom is -0.478 e. The second-order valence-corrected chi connectivity index (χ2v) is 3.28. The molecule has 11 heavy (non-hydrogen) atoms. The first-order chi connectivity index (χ1) is 4.86. The Morgan fingerprint density at radius 1 is 1.64 bits per heavy atom. The molecule has 0 aromatic carbocycles. The molecule has 64 valence electrons. The number of hydrogen-bond donors (Lipinski definition) is 2. The van der Waals surface area contributed by atoms with Gasteiger partial charge in [0, 0.05) is 12.1 Å². The van der Waals surface area contributed by atoms with Gasteiger partial charge in [0.1, 0.15) is 0 Å². The molecule has 0 rings (SSSR count).